The molecule has 0 aliphatic heterocycles. The third kappa shape index (κ3) is 2.63. The van der Waals surface area contributed by atoms with E-state index < -0.39 is 0 Å². The predicted molar refractivity (Wildman–Crippen MR) is 166 cm³/mol. The van der Waals surface area contributed by atoms with Crippen LogP contribution in [-0.2, 0) is 6.42 Å². The molecule has 41 heavy (non-hydrogen) atoms. The topological polar surface area (TPSA) is 48.0 Å². The number of pyridine rings is 3. The molecule has 0 atom stereocenters. The monoisotopic (exact) mass is 523 g/mol. The first-order chi connectivity index (χ1) is 20.4. The quantitative estimate of drug-likeness (QED) is 0.204. The van der Waals surface area contributed by atoms with Crippen LogP contribution in [0.15, 0.2) is 116 Å². The Kier molecular flexibility index (Phi) is 3.92. The highest BCUT2D eigenvalue weighted by Gasteiger charge is 2.28. The van der Waals surface area contributed by atoms with E-state index in [0.717, 1.165) is 34.0 Å². The Bertz CT molecular complexity index is 2550. The van der Waals surface area contributed by atoms with E-state index in [2.05, 4.69) is 110 Å². The van der Waals surface area contributed by atoms with Crippen molar-refractivity contribution in [3.63, 3.8) is 0 Å². The molecule has 190 valence electrons. The third-order valence-electron chi connectivity index (χ3n) is 8.93. The van der Waals surface area contributed by atoms with E-state index in [-0.39, 0.29) is 0 Å². The lowest BCUT2D eigenvalue weighted by Gasteiger charge is -2.12. The Morgan fingerprint density at radius 3 is 2.20 bits per heavy atom. The van der Waals surface area contributed by atoms with E-state index in [9.17, 15) is 0 Å². The van der Waals surface area contributed by atoms with Crippen LogP contribution in [0.1, 0.15) is 11.1 Å². The van der Waals surface area contributed by atoms with Gasteiger partial charge in [0.2, 0.25) is 0 Å². The van der Waals surface area contributed by atoms with Gasteiger partial charge < -0.3 is 4.57 Å². The fourth-order valence-corrected chi connectivity index (χ4v) is 7.30. The van der Waals surface area contributed by atoms with E-state index in [1.165, 1.54) is 60.5 Å². The Balaban J connectivity index is 1.34. The Morgan fingerprint density at radius 2 is 1.29 bits per heavy atom. The lowest BCUT2D eigenvalue weighted by Crippen LogP contribution is -1.95. The highest BCUT2D eigenvalue weighted by atomic mass is 15.0. The van der Waals surface area contributed by atoms with Crippen LogP contribution >= 0.6 is 0 Å². The number of aromatic nitrogens is 5. The van der Waals surface area contributed by atoms with E-state index >= 15 is 0 Å². The molecule has 10 rings (SSSR count). The molecule has 1 aliphatic carbocycles. The molecule has 0 amide bonds. The summed E-state index contributed by atoms with van der Waals surface area (Å²) in [5.74, 6) is 0. The van der Waals surface area contributed by atoms with Gasteiger partial charge in [0.1, 0.15) is 11.2 Å². The summed E-state index contributed by atoms with van der Waals surface area (Å²) in [4.78, 5) is 14.1. The average Bonchev–Trinajstić information content (AvgIpc) is 3.71. The highest BCUT2D eigenvalue weighted by Crippen LogP contribution is 2.48. The van der Waals surface area contributed by atoms with Crippen molar-refractivity contribution in [3.05, 3.63) is 127 Å². The summed E-state index contributed by atoms with van der Waals surface area (Å²) in [6.45, 7) is 0. The van der Waals surface area contributed by atoms with Crippen molar-refractivity contribution in [2.45, 2.75) is 6.42 Å². The standard InChI is InChI=1S/C36H21N5/c1-2-6-21(7-3-1)40-30-9-5-4-8-25(30)34-26-18-27-22(23(26)12-13-33(34)40)10-11-24-28-19-37-16-14-31(28)41-32-15-17-38-20-29(32)39-36(41)35(24)27/h1-17,19-20H,18H2. The molecule has 0 fully saturated rings. The van der Waals surface area contributed by atoms with Gasteiger partial charge in [-0.1, -0.05) is 54.6 Å². The summed E-state index contributed by atoms with van der Waals surface area (Å²) in [6, 6.07) is 32.8. The van der Waals surface area contributed by atoms with Crippen molar-refractivity contribution >= 4 is 60.2 Å². The van der Waals surface area contributed by atoms with E-state index in [4.69, 9.17) is 4.98 Å². The fourth-order valence-electron chi connectivity index (χ4n) is 7.30. The molecule has 5 nitrogen and oxygen atoms in total. The van der Waals surface area contributed by atoms with Gasteiger partial charge in [0.05, 0.1) is 28.3 Å². The van der Waals surface area contributed by atoms with Crippen molar-refractivity contribution in [3.8, 4) is 16.8 Å². The molecule has 0 radical (unpaired) electrons. The first kappa shape index (κ1) is 21.3. The SMILES string of the molecule is c1ccc(-n2c3ccccc3c3c4c(ccc32)-c2ccc3c5cnccc5n5c6ccncc6nc5c3c2C4)cc1. The second-order valence-electron chi connectivity index (χ2n) is 10.9. The highest BCUT2D eigenvalue weighted by molar-refractivity contribution is 6.19. The van der Waals surface area contributed by atoms with Crippen molar-refractivity contribution in [2.75, 3.05) is 0 Å². The number of hydrogen-bond acceptors (Lipinski definition) is 3. The van der Waals surface area contributed by atoms with E-state index in [0.29, 0.717) is 0 Å². The normalized spacial score (nSPS) is 12.8. The maximum absolute atomic E-state index is 5.17. The number of imidazole rings is 1. The molecule has 0 saturated heterocycles. The van der Waals surface area contributed by atoms with Gasteiger partial charge in [-0.2, -0.15) is 0 Å². The number of hydrogen-bond donors (Lipinski definition) is 0. The van der Waals surface area contributed by atoms with Crippen LogP contribution in [0.3, 0.4) is 0 Å². The summed E-state index contributed by atoms with van der Waals surface area (Å²) in [6.07, 6.45) is 8.41. The van der Waals surface area contributed by atoms with Crippen molar-refractivity contribution in [1.29, 1.82) is 0 Å². The van der Waals surface area contributed by atoms with Gasteiger partial charge in [-0.05, 0) is 64.0 Å². The van der Waals surface area contributed by atoms with Crippen LogP contribution in [0.2, 0.25) is 0 Å². The van der Waals surface area contributed by atoms with E-state index in [1.807, 2.05) is 24.8 Å². The Labute approximate surface area is 234 Å². The largest absolute Gasteiger partial charge is 0.309 e. The zero-order valence-electron chi connectivity index (χ0n) is 21.9. The molecular weight excluding hydrogens is 502 g/mol. The lowest BCUT2D eigenvalue weighted by molar-refractivity contribution is 1.18. The maximum Gasteiger partial charge on any atom is 0.146 e. The molecule has 0 saturated carbocycles. The summed E-state index contributed by atoms with van der Waals surface area (Å²) in [5.41, 5.74) is 13.0. The fraction of sp³-hybridized carbons (Fsp3) is 0.0278. The van der Waals surface area contributed by atoms with Crippen molar-refractivity contribution in [2.24, 2.45) is 0 Å². The summed E-state index contributed by atoms with van der Waals surface area (Å²) in [5, 5.41) is 6.16. The zero-order chi connectivity index (χ0) is 26.7. The summed E-state index contributed by atoms with van der Waals surface area (Å²) >= 11 is 0. The van der Waals surface area contributed by atoms with Crippen LogP contribution in [0.5, 0.6) is 0 Å². The smallest absolute Gasteiger partial charge is 0.146 e. The summed E-state index contributed by atoms with van der Waals surface area (Å²) in [7, 11) is 0. The molecule has 0 N–H and O–H groups in total. The van der Waals surface area contributed by atoms with Crippen molar-refractivity contribution in [1.82, 2.24) is 23.9 Å². The van der Waals surface area contributed by atoms with Crippen LogP contribution in [0, 0.1) is 0 Å². The number of benzene rings is 4. The number of fused-ring (bicyclic) bond motifs is 16. The van der Waals surface area contributed by atoms with E-state index in [1.54, 1.807) is 0 Å². The number of nitrogens with zero attached hydrogens (tertiary/aromatic N) is 5. The van der Waals surface area contributed by atoms with Gasteiger partial charge in [0, 0.05) is 52.2 Å². The molecule has 9 aromatic rings. The second kappa shape index (κ2) is 7.55. The van der Waals surface area contributed by atoms with Crippen molar-refractivity contribution < 1.29 is 0 Å². The molecule has 5 aromatic heterocycles. The minimum absolute atomic E-state index is 0.852. The molecule has 4 aromatic carbocycles. The number of rotatable bonds is 1. The number of para-hydroxylation sites is 2. The van der Waals surface area contributed by atoms with Crippen LogP contribution < -0.4 is 0 Å². The zero-order valence-corrected chi connectivity index (χ0v) is 21.9. The molecule has 1 aliphatic rings. The average molecular weight is 524 g/mol. The Morgan fingerprint density at radius 1 is 0.537 bits per heavy atom. The van der Waals surface area contributed by atoms with Gasteiger partial charge >= 0.3 is 0 Å². The van der Waals surface area contributed by atoms with Gasteiger partial charge in [-0.3, -0.25) is 14.4 Å². The van der Waals surface area contributed by atoms with Crippen LogP contribution in [-0.4, -0.2) is 23.9 Å². The third-order valence-corrected chi connectivity index (χ3v) is 8.93. The Hall–Kier alpha value is -5.55. The molecule has 0 bridgehead atoms. The molecular formula is C36H21N5. The molecule has 5 heteroatoms. The second-order valence-corrected chi connectivity index (χ2v) is 10.9. The first-order valence-corrected chi connectivity index (χ1v) is 13.9. The summed E-state index contributed by atoms with van der Waals surface area (Å²) < 4.78 is 4.69. The lowest BCUT2D eigenvalue weighted by atomic mass is 9.98. The van der Waals surface area contributed by atoms with Crippen LogP contribution in [0.4, 0.5) is 0 Å². The van der Waals surface area contributed by atoms with Gasteiger partial charge in [0.15, 0.2) is 0 Å². The minimum Gasteiger partial charge on any atom is -0.309 e. The molecule has 5 heterocycles. The maximum atomic E-state index is 5.17. The molecule has 0 spiro atoms. The van der Waals surface area contributed by atoms with Gasteiger partial charge in [-0.15, -0.1) is 0 Å². The van der Waals surface area contributed by atoms with Crippen LogP contribution in [0.25, 0.3) is 77.0 Å². The van der Waals surface area contributed by atoms with Gasteiger partial charge in [-0.25, -0.2) is 4.98 Å². The predicted octanol–water partition coefficient (Wildman–Crippen LogP) is 8.25. The molecule has 0 unspecified atom stereocenters. The minimum atomic E-state index is 0.852. The first-order valence-electron chi connectivity index (χ1n) is 13.9. The van der Waals surface area contributed by atoms with Gasteiger partial charge in [0.25, 0.3) is 0 Å².